The van der Waals surface area contributed by atoms with Gasteiger partial charge in [-0.15, -0.1) is 0 Å². The van der Waals surface area contributed by atoms with Gasteiger partial charge in [0.2, 0.25) is 0 Å². The number of rotatable bonds is 6. The highest BCUT2D eigenvalue weighted by Gasteiger charge is 2.21. The molecule has 4 rings (SSSR count). The topological polar surface area (TPSA) is 77.2 Å². The number of carbonyl (C=O) groups is 1. The Morgan fingerprint density at radius 3 is 2.53 bits per heavy atom. The predicted molar refractivity (Wildman–Crippen MR) is 123 cm³/mol. The SMILES string of the molecule is Cc1ccccc1CNC(=O)N1CCN(Cc2cncn2Cc2ccc(C#N)cc2)CC1. The quantitative estimate of drug-likeness (QED) is 0.654. The molecule has 1 saturated heterocycles. The maximum absolute atomic E-state index is 12.6. The summed E-state index contributed by atoms with van der Waals surface area (Å²) in [7, 11) is 0. The molecule has 1 N–H and O–H groups in total. The summed E-state index contributed by atoms with van der Waals surface area (Å²) in [4.78, 5) is 21.2. The number of nitriles is 1. The Kier molecular flexibility index (Phi) is 6.83. The van der Waals surface area contributed by atoms with Crippen LogP contribution in [0.2, 0.25) is 0 Å². The molecule has 0 spiro atoms. The van der Waals surface area contributed by atoms with Gasteiger partial charge in [0.05, 0.1) is 23.7 Å². The van der Waals surface area contributed by atoms with Gasteiger partial charge < -0.3 is 14.8 Å². The number of nitrogens with one attached hydrogen (secondary N) is 1. The van der Waals surface area contributed by atoms with Gasteiger partial charge in [-0.3, -0.25) is 4.90 Å². The van der Waals surface area contributed by atoms with Gasteiger partial charge in [-0.1, -0.05) is 36.4 Å². The zero-order valence-electron chi connectivity index (χ0n) is 18.4. The van der Waals surface area contributed by atoms with E-state index in [0.717, 1.165) is 43.0 Å². The van der Waals surface area contributed by atoms with Gasteiger partial charge in [0.25, 0.3) is 0 Å². The summed E-state index contributed by atoms with van der Waals surface area (Å²) in [6.07, 6.45) is 3.76. The first kappa shape index (κ1) is 21.6. The number of nitrogens with zero attached hydrogens (tertiary/aromatic N) is 5. The van der Waals surface area contributed by atoms with Crippen molar-refractivity contribution in [1.82, 2.24) is 24.7 Å². The van der Waals surface area contributed by atoms with Crippen molar-refractivity contribution in [3.05, 3.63) is 89.0 Å². The first-order valence-electron chi connectivity index (χ1n) is 10.9. The first-order chi connectivity index (χ1) is 15.6. The summed E-state index contributed by atoms with van der Waals surface area (Å²) >= 11 is 0. The average Bonchev–Trinajstić information content (AvgIpc) is 3.25. The van der Waals surface area contributed by atoms with Crippen molar-refractivity contribution in [2.75, 3.05) is 26.2 Å². The molecule has 0 saturated carbocycles. The highest BCUT2D eigenvalue weighted by Crippen LogP contribution is 2.12. The Labute approximate surface area is 188 Å². The summed E-state index contributed by atoms with van der Waals surface area (Å²) in [6.45, 7) is 7.23. The number of amides is 2. The fourth-order valence-electron chi connectivity index (χ4n) is 3.93. The molecular weight excluding hydrogens is 400 g/mol. The zero-order valence-corrected chi connectivity index (χ0v) is 18.4. The Hall–Kier alpha value is -3.63. The Bertz CT molecular complexity index is 1090. The fraction of sp³-hybridized carbons (Fsp3) is 0.320. The molecule has 3 aromatic rings. The number of urea groups is 1. The average molecular weight is 429 g/mol. The second kappa shape index (κ2) is 10.1. The summed E-state index contributed by atoms with van der Waals surface area (Å²) < 4.78 is 2.14. The van der Waals surface area contributed by atoms with Gasteiger partial charge in [-0.05, 0) is 35.7 Å². The number of aryl methyl sites for hydroxylation is 1. The van der Waals surface area contributed by atoms with Crippen molar-refractivity contribution in [3.8, 4) is 6.07 Å². The van der Waals surface area contributed by atoms with Crippen molar-refractivity contribution < 1.29 is 4.79 Å². The third-order valence-corrected chi connectivity index (χ3v) is 5.97. The summed E-state index contributed by atoms with van der Waals surface area (Å²) in [5, 5.41) is 12.0. The third kappa shape index (κ3) is 5.34. The number of carbonyl (C=O) groups excluding carboxylic acids is 1. The van der Waals surface area contributed by atoms with Crippen LogP contribution in [0.4, 0.5) is 4.79 Å². The Morgan fingerprint density at radius 1 is 1.06 bits per heavy atom. The molecule has 164 valence electrons. The van der Waals surface area contributed by atoms with Gasteiger partial charge in [0, 0.05) is 52.0 Å². The van der Waals surface area contributed by atoms with E-state index in [4.69, 9.17) is 5.26 Å². The predicted octanol–water partition coefficient (Wildman–Crippen LogP) is 3.14. The van der Waals surface area contributed by atoms with Crippen LogP contribution in [0.15, 0.2) is 61.1 Å². The molecule has 7 nitrogen and oxygen atoms in total. The third-order valence-electron chi connectivity index (χ3n) is 5.97. The van der Waals surface area contributed by atoms with Crippen molar-refractivity contribution in [2.45, 2.75) is 26.6 Å². The molecule has 0 bridgehead atoms. The van der Waals surface area contributed by atoms with Crippen LogP contribution in [0.5, 0.6) is 0 Å². The molecule has 0 atom stereocenters. The van der Waals surface area contributed by atoms with Crippen molar-refractivity contribution in [1.29, 1.82) is 5.26 Å². The van der Waals surface area contributed by atoms with E-state index in [1.54, 1.807) is 0 Å². The van der Waals surface area contributed by atoms with Crippen molar-refractivity contribution in [3.63, 3.8) is 0 Å². The normalized spacial score (nSPS) is 14.2. The highest BCUT2D eigenvalue weighted by atomic mass is 16.2. The van der Waals surface area contributed by atoms with E-state index in [9.17, 15) is 4.79 Å². The molecule has 0 radical (unpaired) electrons. The van der Waals surface area contributed by atoms with Crippen molar-refractivity contribution >= 4 is 6.03 Å². The molecule has 1 aliphatic heterocycles. The lowest BCUT2D eigenvalue weighted by Crippen LogP contribution is -2.51. The molecule has 0 aliphatic carbocycles. The maximum Gasteiger partial charge on any atom is 0.317 e. The number of piperazine rings is 1. The number of hydrogen-bond donors (Lipinski definition) is 1. The van der Waals surface area contributed by atoms with E-state index in [0.29, 0.717) is 25.2 Å². The van der Waals surface area contributed by atoms with Crippen LogP contribution in [0.25, 0.3) is 0 Å². The Morgan fingerprint density at radius 2 is 1.81 bits per heavy atom. The van der Waals surface area contributed by atoms with Crippen molar-refractivity contribution in [2.24, 2.45) is 0 Å². The lowest BCUT2D eigenvalue weighted by atomic mass is 10.1. The molecule has 2 heterocycles. The monoisotopic (exact) mass is 428 g/mol. The van der Waals surface area contributed by atoms with E-state index >= 15 is 0 Å². The van der Waals surface area contributed by atoms with E-state index in [1.807, 2.05) is 53.8 Å². The van der Waals surface area contributed by atoms with Crippen LogP contribution in [0.1, 0.15) is 27.9 Å². The number of benzene rings is 2. The highest BCUT2D eigenvalue weighted by molar-refractivity contribution is 5.74. The second-order valence-corrected chi connectivity index (χ2v) is 8.17. The van der Waals surface area contributed by atoms with Crippen LogP contribution >= 0.6 is 0 Å². The minimum absolute atomic E-state index is 0.00115. The number of hydrogen-bond acceptors (Lipinski definition) is 4. The van der Waals surface area contributed by atoms with Crippen LogP contribution < -0.4 is 5.32 Å². The van der Waals surface area contributed by atoms with Crippen LogP contribution in [-0.2, 0) is 19.6 Å². The van der Waals surface area contributed by atoms with E-state index in [-0.39, 0.29) is 6.03 Å². The minimum Gasteiger partial charge on any atom is -0.334 e. The second-order valence-electron chi connectivity index (χ2n) is 8.17. The number of imidazole rings is 1. The lowest BCUT2D eigenvalue weighted by molar-refractivity contribution is 0.133. The minimum atomic E-state index is -0.00115. The van der Waals surface area contributed by atoms with Gasteiger partial charge in [0.15, 0.2) is 0 Å². The fourth-order valence-corrected chi connectivity index (χ4v) is 3.93. The number of aromatic nitrogens is 2. The van der Waals surface area contributed by atoms with Gasteiger partial charge in [-0.2, -0.15) is 5.26 Å². The standard InChI is InChI=1S/C25H28N6O/c1-20-4-2-3-5-23(20)15-28-25(32)30-12-10-29(11-13-30)18-24-16-27-19-31(24)17-22-8-6-21(14-26)7-9-22/h2-9,16,19H,10-13,15,17-18H2,1H3,(H,28,32). The zero-order chi connectivity index (χ0) is 22.3. The van der Waals surface area contributed by atoms with Crippen LogP contribution in [0.3, 0.4) is 0 Å². The molecule has 0 unspecified atom stereocenters. The summed E-state index contributed by atoms with van der Waals surface area (Å²) in [6, 6.07) is 17.9. The molecule has 1 aliphatic rings. The van der Waals surface area contributed by atoms with E-state index in [1.165, 1.54) is 5.56 Å². The largest absolute Gasteiger partial charge is 0.334 e. The molecule has 2 aromatic carbocycles. The molecule has 2 amide bonds. The summed E-state index contributed by atoms with van der Waals surface area (Å²) in [5.74, 6) is 0. The molecular formula is C25H28N6O. The van der Waals surface area contributed by atoms with Gasteiger partial charge in [0.1, 0.15) is 0 Å². The maximum atomic E-state index is 12.6. The summed E-state index contributed by atoms with van der Waals surface area (Å²) in [5.41, 5.74) is 5.29. The van der Waals surface area contributed by atoms with Gasteiger partial charge >= 0.3 is 6.03 Å². The van der Waals surface area contributed by atoms with E-state index in [2.05, 4.69) is 44.9 Å². The smallest absolute Gasteiger partial charge is 0.317 e. The van der Waals surface area contributed by atoms with Crippen LogP contribution in [0, 0.1) is 18.3 Å². The van der Waals surface area contributed by atoms with Gasteiger partial charge in [-0.25, -0.2) is 9.78 Å². The molecule has 1 fully saturated rings. The van der Waals surface area contributed by atoms with Crippen LogP contribution in [-0.4, -0.2) is 51.6 Å². The Balaban J connectivity index is 1.26. The molecule has 7 heteroatoms. The lowest BCUT2D eigenvalue weighted by Gasteiger charge is -2.34. The molecule has 1 aromatic heterocycles. The van der Waals surface area contributed by atoms with E-state index < -0.39 is 0 Å². The first-order valence-corrected chi connectivity index (χ1v) is 10.9. The molecule has 32 heavy (non-hydrogen) atoms.